The molecule has 2 N–H and O–H groups in total. The van der Waals surface area contributed by atoms with Crippen molar-refractivity contribution in [1.82, 2.24) is 4.98 Å². The molecule has 1 aromatic heterocycles. The molecule has 0 spiro atoms. The van der Waals surface area contributed by atoms with Crippen molar-refractivity contribution < 1.29 is 15.0 Å². The number of pyridine rings is 1. The summed E-state index contributed by atoms with van der Waals surface area (Å²) in [6.07, 6.45) is 13.2. The van der Waals surface area contributed by atoms with Crippen LogP contribution in [0.15, 0.2) is 71.6 Å². The van der Waals surface area contributed by atoms with Gasteiger partial charge in [0.25, 0.3) is 0 Å². The number of ketones is 1. The summed E-state index contributed by atoms with van der Waals surface area (Å²) in [5.74, 6) is 1.42. The van der Waals surface area contributed by atoms with Gasteiger partial charge in [0.1, 0.15) is 0 Å². The number of fused-ring (bicyclic) bond motifs is 4. The minimum absolute atomic E-state index is 0.129. The van der Waals surface area contributed by atoms with Crippen LogP contribution in [0, 0.1) is 17.3 Å². The van der Waals surface area contributed by atoms with Crippen molar-refractivity contribution in [2.45, 2.75) is 76.2 Å². The van der Waals surface area contributed by atoms with E-state index in [4.69, 9.17) is 0 Å². The number of nitrogens with zero attached hydrogens (tertiary/aromatic N) is 1. The van der Waals surface area contributed by atoms with Gasteiger partial charge in [-0.2, -0.15) is 0 Å². The molecule has 2 fully saturated rings. The largest absolute Gasteiger partial charge is 0.396 e. The first-order chi connectivity index (χ1) is 17.4. The highest BCUT2D eigenvalue weighted by atomic mass is 16.3. The third-order valence-electron chi connectivity index (χ3n) is 10.1. The third kappa shape index (κ3) is 3.72. The fourth-order valence-corrected chi connectivity index (χ4v) is 8.29. The maximum atomic E-state index is 12.3. The molecule has 0 bridgehead atoms. The third-order valence-corrected chi connectivity index (χ3v) is 10.1. The van der Waals surface area contributed by atoms with Gasteiger partial charge in [-0.05, 0) is 109 Å². The Morgan fingerprint density at radius 3 is 2.50 bits per heavy atom. The molecule has 1 aromatic carbocycles. The van der Waals surface area contributed by atoms with E-state index in [-0.39, 0.29) is 23.7 Å². The number of benzene rings is 1. The number of hydrogen-bond donors (Lipinski definition) is 2. The van der Waals surface area contributed by atoms with Gasteiger partial charge in [0.05, 0.1) is 5.60 Å². The average molecular weight is 484 g/mol. The fraction of sp³-hybridized carbons (Fsp3) is 0.500. The van der Waals surface area contributed by atoms with E-state index in [1.54, 1.807) is 5.57 Å². The Labute approximate surface area is 214 Å². The zero-order valence-electron chi connectivity index (χ0n) is 21.2. The summed E-state index contributed by atoms with van der Waals surface area (Å²) in [4.78, 5) is 16.4. The Hall–Kier alpha value is -2.56. The Balaban J connectivity index is 1.45. The number of rotatable bonds is 5. The summed E-state index contributed by atoms with van der Waals surface area (Å²) in [5.41, 5.74) is 7.02. The predicted molar refractivity (Wildman–Crippen MR) is 141 cm³/mol. The second-order valence-corrected chi connectivity index (χ2v) is 11.8. The van der Waals surface area contributed by atoms with Crippen molar-refractivity contribution in [1.29, 1.82) is 0 Å². The highest BCUT2D eigenvalue weighted by molar-refractivity contribution is 5.93. The summed E-state index contributed by atoms with van der Waals surface area (Å²) in [7, 11) is 0. The lowest BCUT2D eigenvalue weighted by atomic mass is 9.51. The molecule has 2 saturated carbocycles. The minimum atomic E-state index is -0.732. The number of aromatic nitrogens is 1. The van der Waals surface area contributed by atoms with E-state index in [1.165, 1.54) is 22.3 Å². The molecule has 5 atom stereocenters. The van der Waals surface area contributed by atoms with Crippen molar-refractivity contribution in [2.24, 2.45) is 17.3 Å². The number of allylic oxidation sites excluding steroid dienone is 4. The van der Waals surface area contributed by atoms with Crippen molar-refractivity contribution in [3.8, 4) is 11.1 Å². The SMILES string of the molecule is C[C@@]12C[C@H](c3ccc(-c4ccncc4)cc3)C3=C4CCC(=O)C=C4CC[C@H]3[C@@H]1CC[C@]2(O)CCCO. The number of aliphatic hydroxyl groups is 2. The van der Waals surface area contributed by atoms with Gasteiger partial charge in [-0.1, -0.05) is 36.8 Å². The number of hydrogen-bond acceptors (Lipinski definition) is 4. The Morgan fingerprint density at radius 2 is 1.75 bits per heavy atom. The number of aliphatic hydroxyl groups excluding tert-OH is 1. The average Bonchev–Trinajstić information content (AvgIpc) is 3.17. The van der Waals surface area contributed by atoms with E-state index in [1.807, 2.05) is 30.6 Å². The fourth-order valence-electron chi connectivity index (χ4n) is 8.29. The van der Waals surface area contributed by atoms with Crippen LogP contribution in [0.1, 0.15) is 76.2 Å². The highest BCUT2D eigenvalue weighted by Crippen LogP contribution is 2.67. The summed E-state index contributed by atoms with van der Waals surface area (Å²) >= 11 is 0. The van der Waals surface area contributed by atoms with Gasteiger partial charge >= 0.3 is 0 Å². The van der Waals surface area contributed by atoms with E-state index < -0.39 is 5.60 Å². The Morgan fingerprint density at radius 1 is 1.00 bits per heavy atom. The Bertz CT molecular complexity index is 1210. The van der Waals surface area contributed by atoms with Crippen LogP contribution in [0.4, 0.5) is 0 Å². The molecule has 2 aromatic rings. The minimum Gasteiger partial charge on any atom is -0.396 e. The maximum Gasteiger partial charge on any atom is 0.156 e. The number of carbonyl (C=O) groups excluding carboxylic acids is 1. The molecule has 4 nitrogen and oxygen atoms in total. The van der Waals surface area contributed by atoms with Gasteiger partial charge in [-0.3, -0.25) is 9.78 Å². The first kappa shape index (κ1) is 23.8. The van der Waals surface area contributed by atoms with Crippen LogP contribution >= 0.6 is 0 Å². The normalized spacial score (nSPS) is 33.6. The van der Waals surface area contributed by atoms with Crippen LogP contribution in [0.2, 0.25) is 0 Å². The zero-order valence-corrected chi connectivity index (χ0v) is 21.2. The first-order valence-corrected chi connectivity index (χ1v) is 13.7. The van der Waals surface area contributed by atoms with E-state index in [0.29, 0.717) is 31.1 Å². The Kier molecular flexibility index (Phi) is 6.00. The van der Waals surface area contributed by atoms with Crippen LogP contribution in [0.3, 0.4) is 0 Å². The summed E-state index contributed by atoms with van der Waals surface area (Å²) < 4.78 is 0. The van der Waals surface area contributed by atoms with Crippen molar-refractivity contribution >= 4 is 5.78 Å². The molecule has 0 unspecified atom stereocenters. The number of carbonyl (C=O) groups is 1. The molecule has 4 aliphatic rings. The molecule has 6 rings (SSSR count). The van der Waals surface area contributed by atoms with Crippen molar-refractivity contribution in [2.75, 3.05) is 6.61 Å². The van der Waals surface area contributed by atoms with Gasteiger partial charge in [0.2, 0.25) is 0 Å². The second kappa shape index (κ2) is 9.08. The molecule has 0 amide bonds. The molecule has 36 heavy (non-hydrogen) atoms. The van der Waals surface area contributed by atoms with Crippen molar-refractivity contribution in [3.63, 3.8) is 0 Å². The smallest absolute Gasteiger partial charge is 0.156 e. The van der Waals surface area contributed by atoms with Crippen molar-refractivity contribution in [3.05, 3.63) is 77.2 Å². The quantitative estimate of drug-likeness (QED) is 0.535. The molecule has 4 heteroatoms. The molecule has 0 radical (unpaired) electrons. The zero-order chi connectivity index (χ0) is 24.9. The predicted octanol–water partition coefficient (Wildman–Crippen LogP) is 6.15. The highest BCUT2D eigenvalue weighted by Gasteiger charge is 2.62. The van der Waals surface area contributed by atoms with Crippen LogP contribution in [0.5, 0.6) is 0 Å². The van der Waals surface area contributed by atoms with Crippen LogP contribution in [-0.4, -0.2) is 33.2 Å². The summed E-state index contributed by atoms with van der Waals surface area (Å²) in [6, 6.07) is 13.1. The lowest BCUT2D eigenvalue weighted by Crippen LogP contribution is -2.51. The summed E-state index contributed by atoms with van der Waals surface area (Å²) in [6.45, 7) is 2.46. The molecular weight excluding hydrogens is 446 g/mol. The van der Waals surface area contributed by atoms with Gasteiger partial charge < -0.3 is 10.2 Å². The maximum absolute atomic E-state index is 12.3. The second-order valence-electron chi connectivity index (χ2n) is 11.8. The molecule has 188 valence electrons. The van der Waals surface area contributed by atoms with E-state index in [0.717, 1.165) is 44.1 Å². The molecule has 0 saturated heterocycles. The van der Waals surface area contributed by atoms with E-state index in [9.17, 15) is 15.0 Å². The molecular formula is C32H37NO3. The topological polar surface area (TPSA) is 70.4 Å². The van der Waals surface area contributed by atoms with E-state index >= 15 is 0 Å². The van der Waals surface area contributed by atoms with Gasteiger partial charge in [0.15, 0.2) is 5.78 Å². The monoisotopic (exact) mass is 483 g/mol. The standard InChI is InChI=1S/C32H37NO3/c1-31-20-28(23-5-3-21(4-6-23)22-12-16-33-17-13-22)30-26-10-8-25(35)19-24(26)7-9-27(30)29(31)11-15-32(31,36)14-2-18-34/h3-6,12-13,16-17,19,27-29,34,36H,2,7-11,14-15,18,20H2,1H3/t27-,28+,29-,31+,32+/m0/s1. The van der Waals surface area contributed by atoms with Crippen LogP contribution in [-0.2, 0) is 4.79 Å². The van der Waals surface area contributed by atoms with Gasteiger partial charge in [0, 0.05) is 36.8 Å². The first-order valence-electron chi connectivity index (χ1n) is 13.7. The lowest BCUT2D eigenvalue weighted by molar-refractivity contribution is -0.114. The van der Waals surface area contributed by atoms with E-state index in [2.05, 4.69) is 36.2 Å². The van der Waals surface area contributed by atoms with Gasteiger partial charge in [-0.25, -0.2) is 0 Å². The molecule has 4 aliphatic carbocycles. The van der Waals surface area contributed by atoms with Crippen LogP contribution in [0.25, 0.3) is 11.1 Å². The lowest BCUT2D eigenvalue weighted by Gasteiger charge is -2.55. The molecule has 1 heterocycles. The van der Waals surface area contributed by atoms with Crippen LogP contribution < -0.4 is 0 Å². The summed E-state index contributed by atoms with van der Waals surface area (Å²) in [5, 5.41) is 21.6. The van der Waals surface area contributed by atoms with Gasteiger partial charge in [-0.15, -0.1) is 0 Å². The molecule has 0 aliphatic heterocycles.